The summed E-state index contributed by atoms with van der Waals surface area (Å²) in [6, 6.07) is 10.7. The maximum atomic E-state index is 12.3. The molecule has 0 aliphatic carbocycles. The lowest BCUT2D eigenvalue weighted by atomic mass is 10.2. The van der Waals surface area contributed by atoms with E-state index in [2.05, 4.69) is 5.32 Å². The topological polar surface area (TPSA) is 92.1 Å². The number of hydrogen-bond acceptors (Lipinski definition) is 5. The zero-order valence-electron chi connectivity index (χ0n) is 15.7. The standard InChI is InChI=1S/C20H23N3O5/c1-15-4-6-16(7-5-15)28-14-18(24)21-13-19(25)22-8-10-23(11-9-22)20(26)17-3-2-12-27-17/h2-7,12H,8-11,13-14H2,1H3,(H,21,24). The molecule has 2 heterocycles. The first-order valence-corrected chi connectivity index (χ1v) is 9.09. The van der Waals surface area contributed by atoms with Gasteiger partial charge in [0.2, 0.25) is 5.91 Å². The lowest BCUT2D eigenvalue weighted by molar-refractivity contribution is -0.134. The molecule has 0 radical (unpaired) electrons. The predicted molar refractivity (Wildman–Crippen MR) is 101 cm³/mol. The van der Waals surface area contributed by atoms with Crippen LogP contribution in [0.15, 0.2) is 47.1 Å². The second-order valence-electron chi connectivity index (χ2n) is 6.53. The number of amides is 3. The summed E-state index contributed by atoms with van der Waals surface area (Å²) in [7, 11) is 0. The van der Waals surface area contributed by atoms with Gasteiger partial charge >= 0.3 is 0 Å². The van der Waals surface area contributed by atoms with Crippen LogP contribution in [0.4, 0.5) is 0 Å². The van der Waals surface area contributed by atoms with Crippen molar-refractivity contribution in [1.29, 1.82) is 0 Å². The molecule has 3 rings (SSSR count). The van der Waals surface area contributed by atoms with E-state index in [0.29, 0.717) is 37.7 Å². The molecule has 8 heteroatoms. The van der Waals surface area contributed by atoms with Crippen LogP contribution in [0.2, 0.25) is 0 Å². The minimum Gasteiger partial charge on any atom is -0.484 e. The summed E-state index contributed by atoms with van der Waals surface area (Å²) in [5.41, 5.74) is 1.10. The molecule has 148 valence electrons. The largest absolute Gasteiger partial charge is 0.484 e. The van der Waals surface area contributed by atoms with Gasteiger partial charge in [-0.25, -0.2) is 0 Å². The van der Waals surface area contributed by atoms with E-state index in [0.717, 1.165) is 5.56 Å². The van der Waals surface area contributed by atoms with Crippen LogP contribution < -0.4 is 10.1 Å². The van der Waals surface area contributed by atoms with Crippen molar-refractivity contribution in [2.45, 2.75) is 6.92 Å². The van der Waals surface area contributed by atoms with Crippen LogP contribution in [-0.4, -0.2) is 66.9 Å². The lowest BCUT2D eigenvalue weighted by Crippen LogP contribution is -2.52. The minimum atomic E-state index is -0.361. The lowest BCUT2D eigenvalue weighted by Gasteiger charge is -2.34. The Morgan fingerprint density at radius 3 is 2.36 bits per heavy atom. The summed E-state index contributed by atoms with van der Waals surface area (Å²) in [6.07, 6.45) is 1.46. The number of carbonyl (C=O) groups excluding carboxylic acids is 3. The fraction of sp³-hybridized carbons (Fsp3) is 0.350. The van der Waals surface area contributed by atoms with Crippen molar-refractivity contribution >= 4 is 17.7 Å². The first-order valence-electron chi connectivity index (χ1n) is 9.09. The molecule has 1 N–H and O–H groups in total. The summed E-state index contributed by atoms with van der Waals surface area (Å²) >= 11 is 0. The highest BCUT2D eigenvalue weighted by Crippen LogP contribution is 2.11. The van der Waals surface area contributed by atoms with Gasteiger partial charge in [0.1, 0.15) is 5.75 Å². The Labute approximate surface area is 163 Å². The smallest absolute Gasteiger partial charge is 0.289 e. The number of benzene rings is 1. The number of rotatable bonds is 6. The molecule has 0 spiro atoms. The molecule has 8 nitrogen and oxygen atoms in total. The predicted octanol–water partition coefficient (Wildman–Crippen LogP) is 1.07. The van der Waals surface area contributed by atoms with Crippen molar-refractivity contribution in [2.75, 3.05) is 39.3 Å². The molecule has 1 aliphatic rings. The zero-order valence-corrected chi connectivity index (χ0v) is 15.7. The first-order chi connectivity index (χ1) is 13.5. The molecule has 1 fully saturated rings. The van der Waals surface area contributed by atoms with Gasteiger partial charge in [-0.05, 0) is 31.2 Å². The molecule has 1 aromatic heterocycles. The third-order valence-electron chi connectivity index (χ3n) is 4.48. The van der Waals surface area contributed by atoms with Gasteiger partial charge < -0.3 is 24.3 Å². The van der Waals surface area contributed by atoms with Crippen LogP contribution in [0.5, 0.6) is 5.75 Å². The molecule has 0 atom stereocenters. The molecule has 0 unspecified atom stereocenters. The maximum Gasteiger partial charge on any atom is 0.289 e. The molecular weight excluding hydrogens is 362 g/mol. The SMILES string of the molecule is Cc1ccc(OCC(=O)NCC(=O)N2CCN(C(=O)c3ccco3)CC2)cc1. The number of carbonyl (C=O) groups is 3. The molecule has 2 aromatic rings. The number of ether oxygens (including phenoxy) is 1. The average molecular weight is 385 g/mol. The third-order valence-corrected chi connectivity index (χ3v) is 4.48. The van der Waals surface area contributed by atoms with Gasteiger partial charge in [0.25, 0.3) is 11.8 Å². The van der Waals surface area contributed by atoms with Crippen LogP contribution in [0.25, 0.3) is 0 Å². The second-order valence-corrected chi connectivity index (χ2v) is 6.53. The van der Waals surface area contributed by atoms with Gasteiger partial charge in [0.15, 0.2) is 12.4 Å². The molecule has 1 aliphatic heterocycles. The van der Waals surface area contributed by atoms with Crippen molar-refractivity contribution < 1.29 is 23.5 Å². The Balaban J connectivity index is 1.36. The van der Waals surface area contributed by atoms with Crippen molar-refractivity contribution in [3.8, 4) is 5.75 Å². The molecular formula is C20H23N3O5. The van der Waals surface area contributed by atoms with Crippen molar-refractivity contribution in [3.63, 3.8) is 0 Å². The summed E-state index contributed by atoms with van der Waals surface area (Å²) < 4.78 is 10.5. The normalized spacial score (nSPS) is 13.9. The van der Waals surface area contributed by atoms with Crippen LogP contribution >= 0.6 is 0 Å². The number of nitrogens with one attached hydrogen (secondary N) is 1. The van der Waals surface area contributed by atoms with E-state index in [-0.39, 0.29) is 30.9 Å². The van der Waals surface area contributed by atoms with E-state index in [1.165, 1.54) is 6.26 Å². The highest BCUT2D eigenvalue weighted by Gasteiger charge is 2.26. The van der Waals surface area contributed by atoms with Crippen LogP contribution in [0, 0.1) is 6.92 Å². The molecule has 28 heavy (non-hydrogen) atoms. The molecule has 3 amide bonds. The number of nitrogens with zero attached hydrogens (tertiary/aromatic N) is 2. The van der Waals surface area contributed by atoms with Gasteiger partial charge in [0.05, 0.1) is 12.8 Å². The Kier molecular flexibility index (Phi) is 6.31. The van der Waals surface area contributed by atoms with Gasteiger partial charge in [-0.1, -0.05) is 17.7 Å². The summed E-state index contributed by atoms with van der Waals surface area (Å²) in [6.45, 7) is 3.41. The molecule has 0 bridgehead atoms. The quantitative estimate of drug-likeness (QED) is 0.803. The maximum absolute atomic E-state index is 12.3. The molecule has 0 saturated carbocycles. The average Bonchev–Trinajstić information content (AvgIpc) is 3.26. The van der Waals surface area contributed by atoms with E-state index in [4.69, 9.17) is 9.15 Å². The Morgan fingerprint density at radius 2 is 1.71 bits per heavy atom. The Bertz CT molecular complexity index is 809. The van der Waals surface area contributed by atoms with Gasteiger partial charge in [-0.15, -0.1) is 0 Å². The highest BCUT2D eigenvalue weighted by atomic mass is 16.5. The summed E-state index contributed by atoms with van der Waals surface area (Å²) in [5, 5.41) is 2.57. The van der Waals surface area contributed by atoms with Crippen LogP contribution in [-0.2, 0) is 9.59 Å². The zero-order chi connectivity index (χ0) is 19.9. The van der Waals surface area contributed by atoms with E-state index >= 15 is 0 Å². The van der Waals surface area contributed by atoms with E-state index in [9.17, 15) is 14.4 Å². The third kappa shape index (κ3) is 5.12. The van der Waals surface area contributed by atoms with Crippen LogP contribution in [0.3, 0.4) is 0 Å². The van der Waals surface area contributed by atoms with Crippen molar-refractivity contribution in [1.82, 2.24) is 15.1 Å². The van der Waals surface area contributed by atoms with Crippen LogP contribution in [0.1, 0.15) is 16.1 Å². The summed E-state index contributed by atoms with van der Waals surface area (Å²) in [4.78, 5) is 39.6. The van der Waals surface area contributed by atoms with E-state index in [1.807, 2.05) is 19.1 Å². The number of piperazine rings is 1. The highest BCUT2D eigenvalue weighted by molar-refractivity contribution is 5.91. The fourth-order valence-electron chi connectivity index (χ4n) is 2.84. The summed E-state index contributed by atoms with van der Waals surface area (Å²) in [5.74, 6) is 0.165. The fourth-order valence-corrected chi connectivity index (χ4v) is 2.84. The van der Waals surface area contributed by atoms with Gasteiger partial charge in [0, 0.05) is 26.2 Å². The number of hydrogen-bond donors (Lipinski definition) is 1. The van der Waals surface area contributed by atoms with Gasteiger partial charge in [-0.3, -0.25) is 14.4 Å². The van der Waals surface area contributed by atoms with E-state index in [1.54, 1.807) is 34.1 Å². The molecule has 1 aromatic carbocycles. The van der Waals surface area contributed by atoms with Crippen molar-refractivity contribution in [2.24, 2.45) is 0 Å². The minimum absolute atomic E-state index is 0.0950. The number of aryl methyl sites for hydroxylation is 1. The van der Waals surface area contributed by atoms with E-state index < -0.39 is 0 Å². The van der Waals surface area contributed by atoms with Gasteiger partial charge in [-0.2, -0.15) is 0 Å². The Hall–Kier alpha value is -3.29. The second kappa shape index (κ2) is 9.07. The number of furan rings is 1. The van der Waals surface area contributed by atoms with Crippen molar-refractivity contribution in [3.05, 3.63) is 54.0 Å². The molecule has 1 saturated heterocycles. The Morgan fingerprint density at radius 1 is 1.04 bits per heavy atom. The first kappa shape index (κ1) is 19.5. The monoisotopic (exact) mass is 385 g/mol.